The topological polar surface area (TPSA) is 130 Å². The number of rotatable bonds is 4. The van der Waals surface area contributed by atoms with Gasteiger partial charge < -0.3 is 20.3 Å². The third kappa shape index (κ3) is 5.69. The summed E-state index contributed by atoms with van der Waals surface area (Å²) in [7, 11) is -4.46. The number of hydrogen-bond acceptors (Lipinski definition) is 6. The van der Waals surface area contributed by atoms with Gasteiger partial charge in [-0.2, -0.15) is 8.42 Å². The zero-order valence-electron chi connectivity index (χ0n) is 14.6. The molecule has 0 bridgehead atoms. The number of hydrogen-bond donors (Lipinski definition) is 2. The van der Waals surface area contributed by atoms with Crippen LogP contribution in [0.3, 0.4) is 0 Å². The maximum absolute atomic E-state index is 12.1. The van der Waals surface area contributed by atoms with Crippen molar-refractivity contribution in [2.75, 3.05) is 5.32 Å². The zero-order chi connectivity index (χ0) is 18.2. The van der Waals surface area contributed by atoms with Crippen LogP contribution in [0.15, 0.2) is 59.5 Å². The monoisotopic (exact) mass is 403 g/mol. The molecule has 3 aromatic carbocycles. The summed E-state index contributed by atoms with van der Waals surface area (Å²) in [6.07, 6.45) is 0. The third-order valence-electron chi connectivity index (χ3n) is 3.60. The first kappa shape index (κ1) is 23.9. The van der Waals surface area contributed by atoms with Crippen LogP contribution in [0.1, 0.15) is 10.4 Å². The van der Waals surface area contributed by atoms with E-state index < -0.39 is 26.7 Å². The van der Waals surface area contributed by atoms with E-state index in [1.807, 2.05) is 0 Å². The molecule has 0 saturated heterocycles. The molecule has 0 unspecified atom stereocenters. The van der Waals surface area contributed by atoms with Crippen molar-refractivity contribution >= 4 is 38.2 Å². The summed E-state index contributed by atoms with van der Waals surface area (Å²) in [6, 6.07) is 12.7. The minimum Gasteiger partial charge on any atom is -0.872 e. The number of carbonyl (C=O) groups is 1. The summed E-state index contributed by atoms with van der Waals surface area (Å²) >= 11 is 0. The van der Waals surface area contributed by atoms with Gasteiger partial charge in [-0.05, 0) is 52.7 Å². The van der Waals surface area contributed by atoms with E-state index in [2.05, 4.69) is 5.32 Å². The van der Waals surface area contributed by atoms with E-state index in [-0.39, 0.29) is 70.1 Å². The Bertz CT molecular complexity index is 1080. The van der Waals surface area contributed by atoms with E-state index in [1.165, 1.54) is 24.3 Å². The number of nitrogens with one attached hydrogen (secondary N) is 1. The fourth-order valence-corrected chi connectivity index (χ4v) is 2.91. The molecule has 0 aliphatic rings. The van der Waals surface area contributed by atoms with Gasteiger partial charge in [0.15, 0.2) is 0 Å². The van der Waals surface area contributed by atoms with Crippen LogP contribution < -0.4 is 74.6 Å². The number of anilines is 2. The molecule has 0 aliphatic carbocycles. The molecule has 0 saturated carbocycles. The number of aromatic carboxylic acids is 1. The molecule has 0 aromatic heterocycles. The van der Waals surface area contributed by atoms with E-state index in [4.69, 9.17) is 4.55 Å². The molecule has 27 heavy (non-hydrogen) atoms. The number of benzene rings is 3. The average Bonchev–Trinajstić information content (AvgIpc) is 2.55. The largest absolute Gasteiger partial charge is 1.00 e. The van der Waals surface area contributed by atoms with Crippen LogP contribution >= 0.6 is 0 Å². The Labute approximate surface area is 199 Å². The summed E-state index contributed by atoms with van der Waals surface area (Å²) in [6.45, 7) is 0. The Hall–Kier alpha value is -1.10. The Morgan fingerprint density at radius 1 is 0.926 bits per heavy atom. The van der Waals surface area contributed by atoms with Gasteiger partial charge in [0.1, 0.15) is 0 Å². The molecule has 2 N–H and O–H groups in total. The molecule has 0 spiro atoms. The molecule has 0 amide bonds. The van der Waals surface area contributed by atoms with E-state index in [9.17, 15) is 23.4 Å². The second kappa shape index (κ2) is 9.40. The Balaban J connectivity index is 0.00000182. The van der Waals surface area contributed by atoms with Gasteiger partial charge in [-0.3, -0.25) is 4.55 Å². The summed E-state index contributed by atoms with van der Waals surface area (Å²) in [4.78, 5) is 10.3. The summed E-state index contributed by atoms with van der Waals surface area (Å²) < 4.78 is 31.4. The maximum atomic E-state index is 12.1. The number of fused-ring (bicyclic) bond motifs is 1. The Morgan fingerprint density at radius 2 is 1.52 bits per heavy atom. The van der Waals surface area contributed by atoms with Crippen LogP contribution in [0.25, 0.3) is 10.8 Å². The average molecular weight is 403 g/mol. The van der Waals surface area contributed by atoms with Crippen LogP contribution in [0.4, 0.5) is 11.4 Å². The SMILES string of the molecule is O=C([O-])c1ccc(Nc2ccc3cc(S(=O)(=O)O)cc([O-])c3c2)cc1.[Na+].[Na+]. The smallest absolute Gasteiger partial charge is 0.872 e. The van der Waals surface area contributed by atoms with Gasteiger partial charge in [0.05, 0.1) is 10.9 Å². The van der Waals surface area contributed by atoms with E-state index in [0.29, 0.717) is 16.8 Å². The number of carboxylic acid groups (broad SMARTS) is 1. The van der Waals surface area contributed by atoms with Crippen molar-refractivity contribution in [3.63, 3.8) is 0 Å². The van der Waals surface area contributed by atoms with Gasteiger partial charge in [-0.25, -0.2) is 0 Å². The van der Waals surface area contributed by atoms with Gasteiger partial charge >= 0.3 is 59.1 Å². The van der Waals surface area contributed by atoms with Crippen LogP contribution in [0.5, 0.6) is 5.75 Å². The quantitative estimate of drug-likeness (QED) is 0.331. The molecule has 0 aliphatic heterocycles. The summed E-state index contributed by atoms with van der Waals surface area (Å²) in [5, 5.41) is 26.5. The first-order chi connectivity index (χ1) is 11.7. The standard InChI is InChI=1S/C17H13NO6S.2Na/c19-16-9-14(25(22,23)24)7-11-3-6-13(8-15(11)16)18-12-4-1-10(2-5-12)17(20)21;;/h1-9,18-19H,(H,20,21)(H,22,23,24);;/q;2*+1/p-2. The molecule has 0 atom stereocenters. The van der Waals surface area contributed by atoms with Gasteiger partial charge in [0.25, 0.3) is 10.1 Å². The Kier molecular flexibility index (Phi) is 8.33. The zero-order valence-corrected chi connectivity index (χ0v) is 19.4. The molecule has 0 heterocycles. The molecule has 10 heteroatoms. The van der Waals surface area contributed by atoms with Crippen molar-refractivity contribution in [1.82, 2.24) is 0 Å². The minimum absolute atomic E-state index is 0. The van der Waals surface area contributed by atoms with Crippen molar-refractivity contribution in [2.24, 2.45) is 0 Å². The molecule has 3 rings (SSSR count). The number of carboxylic acids is 1. The Morgan fingerprint density at radius 3 is 2.07 bits per heavy atom. The van der Waals surface area contributed by atoms with Crippen LogP contribution in [-0.2, 0) is 10.1 Å². The van der Waals surface area contributed by atoms with Crippen LogP contribution in [0.2, 0.25) is 0 Å². The third-order valence-corrected chi connectivity index (χ3v) is 4.43. The van der Waals surface area contributed by atoms with Crippen LogP contribution in [-0.4, -0.2) is 18.9 Å². The fraction of sp³-hybridized carbons (Fsp3) is 0. The summed E-state index contributed by atoms with van der Waals surface area (Å²) in [5.41, 5.74) is 1.21. The second-order valence-electron chi connectivity index (χ2n) is 5.32. The second-order valence-corrected chi connectivity index (χ2v) is 6.74. The molecule has 3 aromatic rings. The van der Waals surface area contributed by atoms with Gasteiger partial charge in [-0.15, -0.1) is 0 Å². The van der Waals surface area contributed by atoms with Gasteiger partial charge in [-0.1, -0.05) is 23.9 Å². The molecular weight excluding hydrogens is 392 g/mol. The minimum atomic E-state index is -4.46. The molecule has 128 valence electrons. The fourth-order valence-electron chi connectivity index (χ4n) is 2.38. The molecule has 0 radical (unpaired) electrons. The maximum Gasteiger partial charge on any atom is 1.00 e. The van der Waals surface area contributed by atoms with Gasteiger partial charge in [0.2, 0.25) is 0 Å². The number of carbonyl (C=O) groups excluding carboxylic acids is 1. The van der Waals surface area contributed by atoms with E-state index in [1.54, 1.807) is 24.3 Å². The van der Waals surface area contributed by atoms with Gasteiger partial charge in [0, 0.05) is 11.4 Å². The van der Waals surface area contributed by atoms with Crippen LogP contribution in [0, 0.1) is 0 Å². The van der Waals surface area contributed by atoms with Crippen molar-refractivity contribution in [2.45, 2.75) is 4.90 Å². The molecular formula is C17H11NNa2O6S. The van der Waals surface area contributed by atoms with Crippen molar-refractivity contribution < 1.29 is 87.1 Å². The molecule has 7 nitrogen and oxygen atoms in total. The predicted octanol–water partition coefficient (Wildman–Crippen LogP) is -4.72. The van der Waals surface area contributed by atoms with Crippen molar-refractivity contribution in [3.8, 4) is 5.75 Å². The van der Waals surface area contributed by atoms with Crippen molar-refractivity contribution in [3.05, 3.63) is 60.2 Å². The molecule has 0 fully saturated rings. The first-order valence-electron chi connectivity index (χ1n) is 7.05. The van der Waals surface area contributed by atoms with Crippen molar-refractivity contribution in [1.29, 1.82) is 0 Å². The van der Waals surface area contributed by atoms with E-state index in [0.717, 1.165) is 6.07 Å². The first-order valence-corrected chi connectivity index (χ1v) is 8.49. The normalized spacial score (nSPS) is 10.6. The predicted molar refractivity (Wildman–Crippen MR) is 87.3 cm³/mol. The summed E-state index contributed by atoms with van der Waals surface area (Å²) in [5.74, 6) is -1.82. The van der Waals surface area contributed by atoms with E-state index >= 15 is 0 Å².